The molecular weight excluding hydrogens is 224 g/mol. The van der Waals surface area contributed by atoms with Crippen molar-refractivity contribution >= 4 is 0 Å². The van der Waals surface area contributed by atoms with Gasteiger partial charge in [0.1, 0.15) is 0 Å². The molecule has 3 heteroatoms. The topological polar surface area (TPSA) is 34.2 Å². The van der Waals surface area contributed by atoms with Gasteiger partial charge in [0.2, 0.25) is 0 Å². The first kappa shape index (κ1) is 13.5. The van der Waals surface area contributed by atoms with Crippen molar-refractivity contribution in [2.75, 3.05) is 13.2 Å². The lowest BCUT2D eigenvalue weighted by Gasteiger charge is -2.28. The third-order valence-corrected chi connectivity index (χ3v) is 3.81. The van der Waals surface area contributed by atoms with Gasteiger partial charge in [-0.15, -0.1) is 0 Å². The fourth-order valence-electron chi connectivity index (χ4n) is 2.87. The van der Waals surface area contributed by atoms with E-state index in [1.165, 1.54) is 5.56 Å². The normalized spacial score (nSPS) is 25.3. The lowest BCUT2D eigenvalue weighted by atomic mass is 9.87. The van der Waals surface area contributed by atoms with Crippen molar-refractivity contribution in [3.63, 3.8) is 0 Å². The van der Waals surface area contributed by atoms with Crippen LogP contribution in [-0.2, 0) is 4.74 Å². The van der Waals surface area contributed by atoms with E-state index in [0.29, 0.717) is 18.1 Å². The molecule has 2 heterocycles. The molecule has 0 aliphatic carbocycles. The van der Waals surface area contributed by atoms with Gasteiger partial charge < -0.3 is 10.1 Å². The second-order valence-corrected chi connectivity index (χ2v) is 5.04. The summed E-state index contributed by atoms with van der Waals surface area (Å²) in [5.74, 6) is 0.569. The Labute approximate surface area is 110 Å². The van der Waals surface area contributed by atoms with E-state index >= 15 is 0 Å². The molecule has 1 fully saturated rings. The van der Waals surface area contributed by atoms with E-state index in [2.05, 4.69) is 36.3 Å². The highest BCUT2D eigenvalue weighted by Crippen LogP contribution is 2.34. The van der Waals surface area contributed by atoms with E-state index in [9.17, 15) is 0 Å². The highest BCUT2D eigenvalue weighted by atomic mass is 16.5. The van der Waals surface area contributed by atoms with Gasteiger partial charge in [0.05, 0.1) is 6.10 Å². The number of hydrogen-bond acceptors (Lipinski definition) is 3. The van der Waals surface area contributed by atoms with E-state index in [-0.39, 0.29) is 0 Å². The molecule has 0 amide bonds. The van der Waals surface area contributed by atoms with E-state index < -0.39 is 0 Å². The molecular formula is C15H24N2O. The third-order valence-electron chi connectivity index (χ3n) is 3.81. The van der Waals surface area contributed by atoms with Gasteiger partial charge >= 0.3 is 0 Å². The second-order valence-electron chi connectivity index (χ2n) is 5.04. The van der Waals surface area contributed by atoms with Crippen LogP contribution in [0, 0.1) is 12.8 Å². The summed E-state index contributed by atoms with van der Waals surface area (Å²) < 4.78 is 5.83. The van der Waals surface area contributed by atoms with Crippen LogP contribution in [0.15, 0.2) is 18.3 Å². The number of nitrogens with zero attached hydrogens (tertiary/aromatic N) is 1. The van der Waals surface area contributed by atoms with Gasteiger partial charge in [0.25, 0.3) is 0 Å². The van der Waals surface area contributed by atoms with Gasteiger partial charge in [-0.1, -0.05) is 19.9 Å². The highest BCUT2D eigenvalue weighted by Gasteiger charge is 2.34. The van der Waals surface area contributed by atoms with Crippen molar-refractivity contribution in [1.82, 2.24) is 10.3 Å². The molecule has 1 N–H and O–H groups in total. The fraction of sp³-hybridized carbons (Fsp3) is 0.667. The van der Waals surface area contributed by atoms with E-state index in [1.807, 2.05) is 13.1 Å². The number of aryl methyl sites for hydroxylation is 1. The Kier molecular flexibility index (Phi) is 4.72. The van der Waals surface area contributed by atoms with Crippen LogP contribution in [0.2, 0.25) is 0 Å². The maximum absolute atomic E-state index is 5.83. The lowest BCUT2D eigenvalue weighted by molar-refractivity contribution is 0.0775. The molecule has 1 aliphatic heterocycles. The summed E-state index contributed by atoms with van der Waals surface area (Å²) in [5, 5.41) is 3.60. The molecule has 3 unspecified atom stereocenters. The molecule has 0 aromatic carbocycles. The first-order valence-electron chi connectivity index (χ1n) is 7.03. The molecule has 18 heavy (non-hydrogen) atoms. The van der Waals surface area contributed by atoms with Gasteiger partial charge in [-0.3, -0.25) is 4.98 Å². The van der Waals surface area contributed by atoms with Gasteiger partial charge in [0, 0.05) is 30.5 Å². The van der Waals surface area contributed by atoms with Crippen LogP contribution in [-0.4, -0.2) is 24.2 Å². The molecule has 1 aromatic rings. The number of aromatic nitrogens is 1. The highest BCUT2D eigenvalue weighted by molar-refractivity contribution is 5.19. The average molecular weight is 248 g/mol. The maximum Gasteiger partial charge on any atom is 0.0619 e. The van der Waals surface area contributed by atoms with Crippen molar-refractivity contribution in [3.8, 4) is 0 Å². The van der Waals surface area contributed by atoms with Crippen molar-refractivity contribution < 1.29 is 4.74 Å². The predicted octanol–water partition coefficient (Wildman–Crippen LogP) is 2.86. The number of nitrogens with one attached hydrogen (secondary N) is 1. The van der Waals surface area contributed by atoms with Crippen LogP contribution < -0.4 is 5.32 Å². The molecule has 100 valence electrons. The number of rotatable bonds is 5. The second kappa shape index (κ2) is 6.30. The minimum Gasteiger partial charge on any atom is -0.378 e. The zero-order chi connectivity index (χ0) is 13.0. The molecule has 3 atom stereocenters. The minimum atomic E-state index is 0.371. The Hall–Kier alpha value is -0.930. The summed E-state index contributed by atoms with van der Waals surface area (Å²) >= 11 is 0. The van der Waals surface area contributed by atoms with E-state index in [4.69, 9.17) is 4.74 Å². The summed E-state index contributed by atoms with van der Waals surface area (Å²) in [5.41, 5.74) is 2.36. The van der Waals surface area contributed by atoms with Gasteiger partial charge in [-0.2, -0.15) is 0 Å². The molecule has 1 aliphatic rings. The van der Waals surface area contributed by atoms with Gasteiger partial charge in [-0.05, 0) is 37.9 Å². The molecule has 0 radical (unpaired) electrons. The smallest absolute Gasteiger partial charge is 0.0619 e. The number of ether oxygens (including phenoxy) is 1. The maximum atomic E-state index is 5.83. The molecule has 1 saturated heterocycles. The molecule has 0 saturated carbocycles. The SMILES string of the molecule is CCNC(c1ccc(C)nc1)C1CCOC1CC. The van der Waals surface area contributed by atoms with Gasteiger partial charge in [0.15, 0.2) is 0 Å². The Morgan fingerprint density at radius 3 is 2.89 bits per heavy atom. The summed E-state index contributed by atoms with van der Waals surface area (Å²) in [6, 6.07) is 4.66. The summed E-state index contributed by atoms with van der Waals surface area (Å²) in [7, 11) is 0. The van der Waals surface area contributed by atoms with Crippen molar-refractivity contribution in [2.24, 2.45) is 5.92 Å². The predicted molar refractivity (Wildman–Crippen MR) is 73.5 cm³/mol. The van der Waals surface area contributed by atoms with Crippen LogP contribution >= 0.6 is 0 Å². The lowest BCUT2D eigenvalue weighted by Crippen LogP contribution is -2.32. The Morgan fingerprint density at radius 2 is 2.28 bits per heavy atom. The number of hydrogen-bond donors (Lipinski definition) is 1. The van der Waals surface area contributed by atoms with E-state index in [0.717, 1.165) is 31.7 Å². The summed E-state index contributed by atoms with van der Waals surface area (Å²) in [6.07, 6.45) is 4.62. The summed E-state index contributed by atoms with van der Waals surface area (Å²) in [4.78, 5) is 4.42. The zero-order valence-corrected chi connectivity index (χ0v) is 11.6. The monoisotopic (exact) mass is 248 g/mol. The zero-order valence-electron chi connectivity index (χ0n) is 11.6. The van der Waals surface area contributed by atoms with Gasteiger partial charge in [-0.25, -0.2) is 0 Å². The third kappa shape index (κ3) is 2.90. The first-order chi connectivity index (χ1) is 8.76. The van der Waals surface area contributed by atoms with Crippen LogP contribution in [0.3, 0.4) is 0 Å². The van der Waals surface area contributed by atoms with Crippen LogP contribution in [0.1, 0.15) is 44.0 Å². The van der Waals surface area contributed by atoms with Crippen molar-refractivity contribution in [2.45, 2.75) is 45.8 Å². The minimum absolute atomic E-state index is 0.371. The largest absolute Gasteiger partial charge is 0.378 e. The molecule has 1 aromatic heterocycles. The fourth-order valence-corrected chi connectivity index (χ4v) is 2.87. The van der Waals surface area contributed by atoms with Crippen molar-refractivity contribution in [1.29, 1.82) is 0 Å². The molecule has 3 nitrogen and oxygen atoms in total. The molecule has 0 bridgehead atoms. The summed E-state index contributed by atoms with van der Waals surface area (Å²) in [6.45, 7) is 8.26. The van der Waals surface area contributed by atoms with Crippen LogP contribution in [0.5, 0.6) is 0 Å². The van der Waals surface area contributed by atoms with Crippen LogP contribution in [0.25, 0.3) is 0 Å². The Balaban J connectivity index is 2.19. The molecule has 0 spiro atoms. The van der Waals surface area contributed by atoms with E-state index in [1.54, 1.807) is 0 Å². The molecule has 2 rings (SSSR count). The Morgan fingerprint density at radius 1 is 1.44 bits per heavy atom. The quantitative estimate of drug-likeness (QED) is 0.870. The number of pyridine rings is 1. The van der Waals surface area contributed by atoms with Crippen molar-refractivity contribution in [3.05, 3.63) is 29.6 Å². The average Bonchev–Trinajstić information content (AvgIpc) is 2.85. The van der Waals surface area contributed by atoms with Crippen LogP contribution in [0.4, 0.5) is 0 Å². The first-order valence-corrected chi connectivity index (χ1v) is 7.03. The standard InChI is InChI=1S/C15H24N2O/c1-4-14-13(8-9-18-14)15(16-5-2)12-7-6-11(3)17-10-12/h6-7,10,13-16H,4-5,8-9H2,1-3H3. The Bertz CT molecular complexity index is 363.